The van der Waals surface area contributed by atoms with Gasteiger partial charge < -0.3 is 5.73 Å². The lowest BCUT2D eigenvalue weighted by atomic mass is 9.89. The van der Waals surface area contributed by atoms with E-state index < -0.39 is 17.2 Å². The van der Waals surface area contributed by atoms with Gasteiger partial charge >= 0.3 is 0 Å². The lowest BCUT2D eigenvalue weighted by molar-refractivity contribution is 0.415. The summed E-state index contributed by atoms with van der Waals surface area (Å²) >= 11 is 0. The summed E-state index contributed by atoms with van der Waals surface area (Å²) < 4.78 is 26.0. The lowest BCUT2D eigenvalue weighted by Gasteiger charge is -2.24. The molecule has 15 heavy (non-hydrogen) atoms. The topological polar surface area (TPSA) is 26.0 Å². The fourth-order valence-electron chi connectivity index (χ4n) is 1.76. The third kappa shape index (κ3) is 3.59. The van der Waals surface area contributed by atoms with Gasteiger partial charge in [0.15, 0.2) is 0 Å². The number of nitrogens with two attached hydrogens (primary N) is 1. The zero-order chi connectivity index (χ0) is 11.5. The van der Waals surface area contributed by atoms with Crippen LogP contribution in [-0.4, -0.2) is 5.54 Å². The molecular formula is C12H17F2N. The molecule has 1 nitrogen and oxygen atoms in total. The van der Waals surface area contributed by atoms with Crippen LogP contribution in [0.5, 0.6) is 0 Å². The lowest BCUT2D eigenvalue weighted by Crippen LogP contribution is -2.38. The second-order valence-corrected chi connectivity index (χ2v) is 4.32. The van der Waals surface area contributed by atoms with Gasteiger partial charge in [0, 0.05) is 11.6 Å². The Morgan fingerprint density at radius 2 is 2.00 bits per heavy atom. The highest BCUT2D eigenvalue weighted by Gasteiger charge is 2.19. The van der Waals surface area contributed by atoms with E-state index in [0.29, 0.717) is 12.0 Å². The van der Waals surface area contributed by atoms with Crippen LogP contribution in [-0.2, 0) is 6.42 Å². The normalized spacial score (nSPS) is 15.0. The Kier molecular flexibility index (Phi) is 3.80. The SMILES string of the molecule is CCCC(C)(N)Cc1ccc(F)cc1F. The average Bonchev–Trinajstić information content (AvgIpc) is 2.09. The monoisotopic (exact) mass is 213 g/mol. The van der Waals surface area contributed by atoms with Gasteiger partial charge in [-0.25, -0.2) is 8.78 Å². The maximum Gasteiger partial charge on any atom is 0.129 e. The maximum atomic E-state index is 13.3. The Labute approximate surface area is 89.3 Å². The predicted octanol–water partition coefficient (Wildman–Crippen LogP) is 3.02. The summed E-state index contributed by atoms with van der Waals surface area (Å²) in [6, 6.07) is 3.63. The van der Waals surface area contributed by atoms with Crippen LogP contribution >= 0.6 is 0 Å². The van der Waals surface area contributed by atoms with E-state index in [-0.39, 0.29) is 0 Å². The zero-order valence-corrected chi connectivity index (χ0v) is 9.19. The first-order valence-electron chi connectivity index (χ1n) is 5.17. The minimum Gasteiger partial charge on any atom is -0.325 e. The van der Waals surface area contributed by atoms with Crippen molar-refractivity contribution in [2.45, 2.75) is 38.6 Å². The third-order valence-corrected chi connectivity index (χ3v) is 2.43. The van der Waals surface area contributed by atoms with Gasteiger partial charge in [-0.05, 0) is 31.4 Å². The van der Waals surface area contributed by atoms with Gasteiger partial charge in [0.25, 0.3) is 0 Å². The molecule has 0 radical (unpaired) electrons. The summed E-state index contributed by atoms with van der Waals surface area (Å²) in [5.74, 6) is -1.06. The number of benzene rings is 1. The van der Waals surface area contributed by atoms with Crippen molar-refractivity contribution in [3.63, 3.8) is 0 Å². The first-order chi connectivity index (χ1) is 6.94. The Balaban J connectivity index is 2.80. The van der Waals surface area contributed by atoms with Gasteiger partial charge in [0.1, 0.15) is 11.6 Å². The molecule has 0 aromatic heterocycles. The molecule has 0 saturated heterocycles. The summed E-state index contributed by atoms with van der Waals surface area (Å²) in [6.45, 7) is 3.92. The molecule has 0 aliphatic rings. The van der Waals surface area contributed by atoms with Crippen molar-refractivity contribution in [2.24, 2.45) is 5.73 Å². The molecule has 0 amide bonds. The van der Waals surface area contributed by atoms with Crippen molar-refractivity contribution < 1.29 is 8.78 Å². The fourth-order valence-corrected chi connectivity index (χ4v) is 1.76. The minimum absolute atomic E-state index is 0.423. The van der Waals surface area contributed by atoms with Crippen LogP contribution in [0.25, 0.3) is 0 Å². The Morgan fingerprint density at radius 1 is 1.33 bits per heavy atom. The molecule has 1 atom stereocenters. The van der Waals surface area contributed by atoms with Crippen LogP contribution < -0.4 is 5.73 Å². The van der Waals surface area contributed by atoms with Crippen molar-refractivity contribution in [3.8, 4) is 0 Å². The van der Waals surface area contributed by atoms with Gasteiger partial charge in [-0.15, -0.1) is 0 Å². The van der Waals surface area contributed by atoms with Crippen molar-refractivity contribution in [1.29, 1.82) is 0 Å². The third-order valence-electron chi connectivity index (χ3n) is 2.43. The molecule has 0 heterocycles. The van der Waals surface area contributed by atoms with E-state index in [2.05, 4.69) is 0 Å². The van der Waals surface area contributed by atoms with Crippen LogP contribution in [0.1, 0.15) is 32.3 Å². The van der Waals surface area contributed by atoms with Crippen molar-refractivity contribution in [2.75, 3.05) is 0 Å². The molecule has 0 bridgehead atoms. The molecule has 0 aliphatic heterocycles. The van der Waals surface area contributed by atoms with Crippen LogP contribution in [0, 0.1) is 11.6 Å². The van der Waals surface area contributed by atoms with Gasteiger partial charge in [-0.1, -0.05) is 19.4 Å². The van der Waals surface area contributed by atoms with E-state index in [0.717, 1.165) is 18.9 Å². The summed E-state index contributed by atoms with van der Waals surface area (Å²) in [6.07, 6.45) is 2.21. The molecule has 3 heteroatoms. The molecule has 0 spiro atoms. The minimum atomic E-state index is -0.550. The van der Waals surface area contributed by atoms with Crippen molar-refractivity contribution in [1.82, 2.24) is 0 Å². The molecular weight excluding hydrogens is 196 g/mol. The van der Waals surface area contributed by atoms with Gasteiger partial charge in [-0.3, -0.25) is 0 Å². The van der Waals surface area contributed by atoms with E-state index >= 15 is 0 Å². The smallest absolute Gasteiger partial charge is 0.129 e. The summed E-state index contributed by atoms with van der Waals surface area (Å²) in [5.41, 5.74) is 6.06. The number of hydrogen-bond donors (Lipinski definition) is 1. The Bertz CT molecular complexity index is 334. The van der Waals surface area contributed by atoms with Crippen LogP contribution in [0.4, 0.5) is 8.78 Å². The highest BCUT2D eigenvalue weighted by Crippen LogP contribution is 2.19. The zero-order valence-electron chi connectivity index (χ0n) is 9.19. The summed E-state index contributed by atoms with van der Waals surface area (Å²) in [4.78, 5) is 0. The molecule has 0 fully saturated rings. The Morgan fingerprint density at radius 3 is 2.53 bits per heavy atom. The predicted molar refractivity (Wildman–Crippen MR) is 57.6 cm³/mol. The average molecular weight is 213 g/mol. The fraction of sp³-hybridized carbons (Fsp3) is 0.500. The maximum absolute atomic E-state index is 13.3. The van der Waals surface area contributed by atoms with Crippen molar-refractivity contribution >= 4 is 0 Å². The largest absolute Gasteiger partial charge is 0.325 e. The first-order valence-corrected chi connectivity index (χ1v) is 5.17. The van der Waals surface area contributed by atoms with Gasteiger partial charge in [0.05, 0.1) is 0 Å². The highest BCUT2D eigenvalue weighted by molar-refractivity contribution is 5.20. The second kappa shape index (κ2) is 4.71. The molecule has 84 valence electrons. The summed E-state index contributed by atoms with van der Waals surface area (Å²) in [7, 11) is 0. The molecule has 0 aliphatic carbocycles. The van der Waals surface area contributed by atoms with Crippen molar-refractivity contribution in [3.05, 3.63) is 35.4 Å². The van der Waals surface area contributed by atoms with Gasteiger partial charge in [0.2, 0.25) is 0 Å². The number of halogens is 2. The highest BCUT2D eigenvalue weighted by atomic mass is 19.1. The van der Waals surface area contributed by atoms with Crippen LogP contribution in [0.15, 0.2) is 18.2 Å². The van der Waals surface area contributed by atoms with Gasteiger partial charge in [-0.2, -0.15) is 0 Å². The second-order valence-electron chi connectivity index (χ2n) is 4.32. The first kappa shape index (κ1) is 12.1. The molecule has 1 rings (SSSR count). The number of rotatable bonds is 4. The van der Waals surface area contributed by atoms with E-state index in [4.69, 9.17) is 5.73 Å². The standard InChI is InChI=1S/C12H17F2N/c1-3-6-12(2,15)8-9-4-5-10(13)7-11(9)14/h4-5,7H,3,6,8,15H2,1-2H3. The van der Waals surface area contributed by atoms with E-state index in [9.17, 15) is 8.78 Å². The Hall–Kier alpha value is -0.960. The molecule has 0 saturated carbocycles. The molecule has 1 aromatic rings. The molecule has 1 aromatic carbocycles. The van der Waals surface area contributed by atoms with E-state index in [1.165, 1.54) is 12.1 Å². The van der Waals surface area contributed by atoms with E-state index in [1.54, 1.807) is 0 Å². The molecule has 1 unspecified atom stereocenters. The van der Waals surface area contributed by atoms with Crippen LogP contribution in [0.3, 0.4) is 0 Å². The van der Waals surface area contributed by atoms with E-state index in [1.807, 2.05) is 13.8 Å². The number of hydrogen-bond acceptors (Lipinski definition) is 1. The van der Waals surface area contributed by atoms with Crippen LogP contribution in [0.2, 0.25) is 0 Å². The molecule has 2 N–H and O–H groups in total. The quantitative estimate of drug-likeness (QED) is 0.817. The summed E-state index contributed by atoms with van der Waals surface area (Å²) in [5, 5.41) is 0.